The van der Waals surface area contributed by atoms with E-state index in [9.17, 15) is 24.5 Å². The fourth-order valence-electron chi connectivity index (χ4n) is 2.56. The number of urea groups is 1. The molecular formula is C17H20N5O5+. The van der Waals surface area contributed by atoms with Gasteiger partial charge in [-0.15, -0.1) is 0 Å². The van der Waals surface area contributed by atoms with E-state index in [-0.39, 0.29) is 35.9 Å². The standard InChI is InChI=1S/C17H19N5O5/c1-3-9-20-14(18)13(16(24)21(10-4-2)17(20)25)19-15(23)11-5-7-12(8-6-11)22(26)27/h5-8,18H,3-4,9-10H2,1-2H3/p+1. The van der Waals surface area contributed by atoms with Crippen LogP contribution in [0, 0.1) is 10.1 Å². The lowest BCUT2D eigenvalue weighted by Crippen LogP contribution is -2.58. The van der Waals surface area contributed by atoms with Crippen LogP contribution in [0.4, 0.5) is 10.5 Å². The van der Waals surface area contributed by atoms with Crippen LogP contribution in [0.3, 0.4) is 0 Å². The summed E-state index contributed by atoms with van der Waals surface area (Å²) in [4.78, 5) is 52.4. The van der Waals surface area contributed by atoms with Gasteiger partial charge in [-0.25, -0.2) is 9.59 Å². The Morgan fingerprint density at radius 2 is 1.85 bits per heavy atom. The fourth-order valence-corrected chi connectivity index (χ4v) is 2.56. The molecule has 1 heterocycles. The Balaban J connectivity index is 2.45. The molecule has 1 aromatic carbocycles. The predicted molar refractivity (Wildman–Crippen MR) is 96.9 cm³/mol. The zero-order chi connectivity index (χ0) is 20.1. The molecule has 0 saturated heterocycles. The van der Waals surface area contributed by atoms with Crippen molar-refractivity contribution in [2.75, 3.05) is 13.1 Å². The van der Waals surface area contributed by atoms with Crippen LogP contribution in [0.2, 0.25) is 0 Å². The minimum absolute atomic E-state index is 0.0645. The summed E-state index contributed by atoms with van der Waals surface area (Å²) in [5.41, 5.74) is 5.53. The van der Waals surface area contributed by atoms with Crippen LogP contribution in [0.25, 0.3) is 0 Å². The molecule has 0 aromatic heterocycles. The average molecular weight is 374 g/mol. The maximum absolute atomic E-state index is 12.6. The molecule has 0 fully saturated rings. The Morgan fingerprint density at radius 3 is 2.37 bits per heavy atom. The summed E-state index contributed by atoms with van der Waals surface area (Å²) in [5.74, 6) is -1.69. The van der Waals surface area contributed by atoms with E-state index >= 15 is 0 Å². The van der Waals surface area contributed by atoms with Gasteiger partial charge in [0.2, 0.25) is 5.71 Å². The molecule has 2 N–H and O–H groups in total. The van der Waals surface area contributed by atoms with Gasteiger partial charge in [-0.1, -0.05) is 13.8 Å². The molecule has 0 bridgehead atoms. The first-order valence-corrected chi connectivity index (χ1v) is 8.45. The SMILES string of the molecule is CCCN1C(=O)C(=NC(=O)c2ccc([N+](=O)[O-])cc2)C(N)=[N+](CCC)C1=O. The molecular weight excluding hydrogens is 354 g/mol. The number of nitro groups is 1. The van der Waals surface area contributed by atoms with Gasteiger partial charge in [-0.2, -0.15) is 14.5 Å². The molecule has 0 atom stereocenters. The highest BCUT2D eigenvalue weighted by molar-refractivity contribution is 6.68. The zero-order valence-corrected chi connectivity index (χ0v) is 15.0. The summed E-state index contributed by atoms with van der Waals surface area (Å²) < 4.78 is 1.22. The van der Waals surface area contributed by atoms with Crippen LogP contribution >= 0.6 is 0 Å². The number of rotatable bonds is 6. The van der Waals surface area contributed by atoms with E-state index in [4.69, 9.17) is 5.73 Å². The second-order valence-electron chi connectivity index (χ2n) is 5.85. The molecule has 2 rings (SSSR count). The number of nitro benzene ring substituents is 1. The Bertz CT molecular complexity index is 857. The van der Waals surface area contributed by atoms with Gasteiger partial charge in [0.1, 0.15) is 0 Å². The van der Waals surface area contributed by atoms with Gasteiger partial charge < -0.3 is 5.73 Å². The van der Waals surface area contributed by atoms with Crippen molar-refractivity contribution in [2.24, 2.45) is 10.7 Å². The first-order chi connectivity index (χ1) is 12.8. The van der Waals surface area contributed by atoms with Crippen LogP contribution in [-0.4, -0.2) is 56.9 Å². The number of carbonyl (C=O) groups is 3. The predicted octanol–water partition coefficient (Wildman–Crippen LogP) is 1.33. The zero-order valence-electron chi connectivity index (χ0n) is 15.0. The molecule has 10 nitrogen and oxygen atoms in total. The molecule has 142 valence electrons. The third-order valence-electron chi connectivity index (χ3n) is 3.88. The number of hydrogen-bond acceptors (Lipinski definition) is 6. The van der Waals surface area contributed by atoms with Gasteiger partial charge in [0, 0.05) is 17.7 Å². The maximum Gasteiger partial charge on any atom is 0.446 e. The quantitative estimate of drug-likeness (QED) is 0.453. The number of nitrogens with zero attached hydrogens (tertiary/aromatic N) is 4. The molecule has 0 radical (unpaired) electrons. The number of benzene rings is 1. The maximum atomic E-state index is 12.6. The van der Waals surface area contributed by atoms with Crippen molar-refractivity contribution in [3.8, 4) is 0 Å². The van der Waals surface area contributed by atoms with E-state index in [1.807, 2.05) is 13.8 Å². The molecule has 4 amide bonds. The van der Waals surface area contributed by atoms with E-state index in [0.717, 1.165) is 4.90 Å². The van der Waals surface area contributed by atoms with E-state index in [2.05, 4.69) is 4.99 Å². The first-order valence-electron chi connectivity index (χ1n) is 8.45. The molecule has 0 spiro atoms. The van der Waals surface area contributed by atoms with Gasteiger partial charge in [-0.3, -0.25) is 14.9 Å². The van der Waals surface area contributed by atoms with Crippen LogP contribution in [-0.2, 0) is 4.79 Å². The number of nitrogens with two attached hydrogens (primary N) is 1. The van der Waals surface area contributed by atoms with Crippen LogP contribution in [0.15, 0.2) is 29.3 Å². The van der Waals surface area contributed by atoms with Gasteiger partial charge in [0.15, 0.2) is 0 Å². The number of imide groups is 1. The minimum Gasteiger partial charge on any atom is -0.316 e. The number of amides is 4. The molecule has 0 unspecified atom stereocenters. The van der Waals surface area contributed by atoms with Crippen LogP contribution in [0.5, 0.6) is 0 Å². The van der Waals surface area contributed by atoms with Crippen molar-refractivity contribution in [2.45, 2.75) is 26.7 Å². The molecule has 1 aliphatic heterocycles. The lowest BCUT2D eigenvalue weighted by Gasteiger charge is -2.22. The second-order valence-corrected chi connectivity index (χ2v) is 5.85. The Labute approximate surface area is 155 Å². The minimum atomic E-state index is -0.779. The normalized spacial score (nSPS) is 16.2. The second kappa shape index (κ2) is 8.30. The van der Waals surface area contributed by atoms with Gasteiger partial charge in [0.05, 0.1) is 18.0 Å². The van der Waals surface area contributed by atoms with Crippen molar-refractivity contribution in [1.29, 1.82) is 0 Å². The third kappa shape index (κ3) is 4.05. The third-order valence-corrected chi connectivity index (χ3v) is 3.88. The largest absolute Gasteiger partial charge is 0.446 e. The summed E-state index contributed by atoms with van der Waals surface area (Å²) in [6, 6.07) is 4.28. The van der Waals surface area contributed by atoms with Crippen molar-refractivity contribution in [3.63, 3.8) is 0 Å². The Kier molecular flexibility index (Phi) is 6.11. The van der Waals surface area contributed by atoms with E-state index in [1.54, 1.807) is 0 Å². The Hall–Kier alpha value is -3.43. The van der Waals surface area contributed by atoms with Crippen molar-refractivity contribution in [1.82, 2.24) is 4.90 Å². The number of carbonyl (C=O) groups excluding carboxylic acids is 3. The highest BCUT2D eigenvalue weighted by atomic mass is 16.6. The molecule has 0 aliphatic carbocycles. The molecule has 0 saturated carbocycles. The molecule has 10 heteroatoms. The molecule has 1 aliphatic rings. The topological polar surface area (TPSA) is 139 Å². The van der Waals surface area contributed by atoms with Crippen molar-refractivity contribution in [3.05, 3.63) is 39.9 Å². The number of amidine groups is 1. The number of hydrogen-bond donors (Lipinski definition) is 1. The van der Waals surface area contributed by atoms with Gasteiger partial charge >= 0.3 is 11.9 Å². The van der Waals surface area contributed by atoms with Gasteiger partial charge in [-0.05, 0) is 25.0 Å². The summed E-state index contributed by atoms with van der Waals surface area (Å²) in [7, 11) is 0. The highest BCUT2D eigenvalue weighted by Gasteiger charge is 2.42. The summed E-state index contributed by atoms with van der Waals surface area (Å²) >= 11 is 0. The monoisotopic (exact) mass is 374 g/mol. The summed E-state index contributed by atoms with van der Waals surface area (Å²) in [6.07, 6.45) is 1.14. The van der Waals surface area contributed by atoms with E-state index < -0.39 is 22.8 Å². The Morgan fingerprint density at radius 1 is 1.22 bits per heavy atom. The number of non-ortho nitro benzene ring substituents is 1. The fraction of sp³-hybridized carbons (Fsp3) is 0.353. The lowest BCUT2D eigenvalue weighted by molar-refractivity contribution is -0.436. The summed E-state index contributed by atoms with van der Waals surface area (Å²) in [6.45, 7) is 4.12. The lowest BCUT2D eigenvalue weighted by atomic mass is 10.2. The molecule has 27 heavy (non-hydrogen) atoms. The van der Waals surface area contributed by atoms with Crippen LogP contribution < -0.4 is 5.73 Å². The van der Waals surface area contributed by atoms with Crippen LogP contribution in [0.1, 0.15) is 37.0 Å². The highest BCUT2D eigenvalue weighted by Crippen LogP contribution is 2.14. The van der Waals surface area contributed by atoms with E-state index in [1.165, 1.54) is 28.8 Å². The molecule has 1 aromatic rings. The summed E-state index contributed by atoms with van der Waals surface area (Å²) in [5, 5.41) is 10.7. The first kappa shape index (κ1) is 19.9. The number of aliphatic imine (C=N–C) groups is 1. The van der Waals surface area contributed by atoms with Crippen molar-refractivity contribution < 1.29 is 23.9 Å². The van der Waals surface area contributed by atoms with Crippen molar-refractivity contribution >= 4 is 35.1 Å². The van der Waals surface area contributed by atoms with Gasteiger partial charge in [0.25, 0.3) is 17.4 Å². The van der Waals surface area contributed by atoms with E-state index in [0.29, 0.717) is 12.8 Å². The average Bonchev–Trinajstić information content (AvgIpc) is 2.65. The smallest absolute Gasteiger partial charge is 0.316 e.